The summed E-state index contributed by atoms with van der Waals surface area (Å²) in [4.78, 5) is 26.2. The van der Waals surface area contributed by atoms with E-state index >= 15 is 0 Å². The lowest BCUT2D eigenvalue weighted by molar-refractivity contribution is -0.152. The molecule has 0 saturated heterocycles. The zero-order valence-corrected chi connectivity index (χ0v) is 20.3. The Morgan fingerprint density at radius 3 is 2.53 bits per heavy atom. The minimum Gasteiger partial charge on any atom is -0.496 e. The van der Waals surface area contributed by atoms with Crippen LogP contribution >= 0.6 is 0 Å². The normalized spacial score (nSPS) is 17.1. The average Bonchev–Trinajstić information content (AvgIpc) is 3.29. The summed E-state index contributed by atoms with van der Waals surface area (Å²) in [6.45, 7) is 2.27. The number of carbonyl (C=O) groups excluding carboxylic acids is 2. The highest BCUT2D eigenvalue weighted by molar-refractivity contribution is 7.92. The van der Waals surface area contributed by atoms with Crippen LogP contribution in [0.25, 0.3) is 0 Å². The summed E-state index contributed by atoms with van der Waals surface area (Å²) in [7, 11) is -2.48. The molecule has 0 atom stereocenters. The van der Waals surface area contributed by atoms with E-state index in [0.717, 1.165) is 24.8 Å². The lowest BCUT2D eigenvalue weighted by Gasteiger charge is -2.35. The molecule has 1 heterocycles. The van der Waals surface area contributed by atoms with Crippen molar-refractivity contribution in [2.75, 3.05) is 24.6 Å². The van der Waals surface area contributed by atoms with Crippen molar-refractivity contribution in [3.8, 4) is 5.75 Å². The van der Waals surface area contributed by atoms with E-state index in [9.17, 15) is 18.0 Å². The van der Waals surface area contributed by atoms with E-state index < -0.39 is 27.4 Å². The fourth-order valence-electron chi connectivity index (χ4n) is 4.80. The third kappa shape index (κ3) is 4.36. The smallest absolute Gasteiger partial charge is 0.331 e. The van der Waals surface area contributed by atoms with Gasteiger partial charge in [-0.15, -0.1) is 0 Å². The van der Waals surface area contributed by atoms with Crippen LogP contribution in [0, 0.1) is 0 Å². The van der Waals surface area contributed by atoms with Crippen molar-refractivity contribution in [2.24, 2.45) is 0 Å². The van der Waals surface area contributed by atoms with E-state index in [4.69, 9.17) is 9.47 Å². The van der Waals surface area contributed by atoms with Crippen molar-refractivity contribution in [3.05, 3.63) is 53.6 Å². The zero-order valence-electron chi connectivity index (χ0n) is 19.5. The Labute approximate surface area is 200 Å². The van der Waals surface area contributed by atoms with Crippen LogP contribution in [0.5, 0.6) is 5.75 Å². The van der Waals surface area contributed by atoms with Crippen LogP contribution in [0.1, 0.15) is 54.9 Å². The summed E-state index contributed by atoms with van der Waals surface area (Å²) in [5.74, 6) is -0.793. The molecule has 9 heteroatoms. The quantitative estimate of drug-likeness (QED) is 0.602. The van der Waals surface area contributed by atoms with Crippen molar-refractivity contribution in [2.45, 2.75) is 55.9 Å². The van der Waals surface area contributed by atoms with Gasteiger partial charge in [0.05, 0.1) is 29.9 Å². The van der Waals surface area contributed by atoms with Crippen LogP contribution in [0.2, 0.25) is 0 Å². The van der Waals surface area contributed by atoms with E-state index in [2.05, 4.69) is 5.32 Å². The number of hydrogen-bond acceptors (Lipinski definition) is 6. The minimum absolute atomic E-state index is 0.0102. The van der Waals surface area contributed by atoms with E-state index in [0.29, 0.717) is 31.5 Å². The first-order valence-corrected chi connectivity index (χ1v) is 13.0. The van der Waals surface area contributed by atoms with Crippen LogP contribution < -0.4 is 14.4 Å². The van der Waals surface area contributed by atoms with Gasteiger partial charge in [-0.25, -0.2) is 13.2 Å². The number of hydrogen-bond donors (Lipinski definition) is 1. The highest BCUT2D eigenvalue weighted by Crippen LogP contribution is 2.35. The molecule has 182 valence electrons. The number of ether oxygens (including phenoxy) is 2. The Balaban J connectivity index is 1.68. The molecule has 0 aromatic heterocycles. The van der Waals surface area contributed by atoms with Gasteiger partial charge >= 0.3 is 5.97 Å². The van der Waals surface area contributed by atoms with Crippen molar-refractivity contribution >= 4 is 27.6 Å². The molecule has 1 amide bonds. The highest BCUT2D eigenvalue weighted by atomic mass is 32.2. The predicted molar refractivity (Wildman–Crippen MR) is 128 cm³/mol. The molecule has 1 aliphatic carbocycles. The second kappa shape index (κ2) is 9.66. The number of esters is 1. The molecular weight excluding hydrogens is 456 g/mol. The number of benzene rings is 2. The summed E-state index contributed by atoms with van der Waals surface area (Å²) in [6.07, 6.45) is 4.13. The number of nitrogens with zero attached hydrogens (tertiary/aromatic N) is 1. The molecule has 0 unspecified atom stereocenters. The largest absolute Gasteiger partial charge is 0.496 e. The van der Waals surface area contributed by atoms with Gasteiger partial charge in [0.15, 0.2) is 0 Å². The molecule has 1 aliphatic heterocycles. The Morgan fingerprint density at radius 2 is 1.82 bits per heavy atom. The van der Waals surface area contributed by atoms with Crippen molar-refractivity contribution in [1.29, 1.82) is 0 Å². The van der Waals surface area contributed by atoms with Gasteiger partial charge in [0, 0.05) is 6.54 Å². The summed E-state index contributed by atoms with van der Waals surface area (Å²) < 4.78 is 39.0. The lowest BCUT2D eigenvalue weighted by Crippen LogP contribution is -2.56. The molecule has 8 nitrogen and oxygen atoms in total. The highest BCUT2D eigenvalue weighted by Gasteiger charge is 2.43. The molecule has 34 heavy (non-hydrogen) atoms. The second-order valence-electron chi connectivity index (χ2n) is 8.64. The molecule has 1 saturated carbocycles. The van der Waals surface area contributed by atoms with Crippen LogP contribution in [0.15, 0.2) is 47.4 Å². The Hall–Kier alpha value is -3.07. The summed E-state index contributed by atoms with van der Waals surface area (Å²) >= 11 is 0. The number of rotatable bonds is 7. The fraction of sp³-hybridized carbons (Fsp3) is 0.440. The first kappa shape index (κ1) is 24.1. The van der Waals surface area contributed by atoms with Crippen molar-refractivity contribution in [1.82, 2.24) is 5.32 Å². The fourth-order valence-corrected chi connectivity index (χ4v) is 6.33. The molecule has 1 N–H and O–H groups in total. The number of sulfonamides is 1. The third-order valence-electron chi connectivity index (χ3n) is 6.57. The maximum atomic E-state index is 13.5. The van der Waals surface area contributed by atoms with Crippen LogP contribution in [-0.4, -0.2) is 46.1 Å². The predicted octanol–water partition coefficient (Wildman–Crippen LogP) is 3.44. The Kier molecular flexibility index (Phi) is 6.84. The average molecular weight is 487 g/mol. The summed E-state index contributed by atoms with van der Waals surface area (Å²) in [6, 6.07) is 11.6. The van der Waals surface area contributed by atoms with Gasteiger partial charge in [-0.05, 0) is 56.0 Å². The summed E-state index contributed by atoms with van der Waals surface area (Å²) in [5, 5.41) is 2.87. The van der Waals surface area contributed by atoms with E-state index in [1.54, 1.807) is 19.1 Å². The Morgan fingerprint density at radius 1 is 1.09 bits per heavy atom. The molecular formula is C25H30N2O6S. The van der Waals surface area contributed by atoms with E-state index in [-0.39, 0.29) is 22.8 Å². The lowest BCUT2D eigenvalue weighted by atomic mass is 9.81. The van der Waals surface area contributed by atoms with E-state index in [1.165, 1.54) is 29.6 Å². The van der Waals surface area contributed by atoms with Crippen LogP contribution in [0.4, 0.5) is 5.69 Å². The molecule has 2 aromatic carbocycles. The van der Waals surface area contributed by atoms with Gasteiger partial charge in [-0.1, -0.05) is 37.5 Å². The maximum absolute atomic E-state index is 13.5. The molecule has 1 fully saturated rings. The molecule has 2 aromatic rings. The van der Waals surface area contributed by atoms with Gasteiger partial charge in [0.1, 0.15) is 11.3 Å². The number of nitrogens with one attached hydrogen (secondary N) is 1. The SMILES string of the molecule is CCOC(=O)C1(NC(=O)c2cc(S(=O)(=O)N3CCc4ccccc43)ccc2OC)CCCCC1. The third-order valence-corrected chi connectivity index (χ3v) is 8.38. The van der Waals surface area contributed by atoms with Crippen LogP contribution in [-0.2, 0) is 26.0 Å². The Bertz CT molecular complexity index is 1190. The molecule has 0 bridgehead atoms. The first-order chi connectivity index (χ1) is 16.3. The van der Waals surface area contributed by atoms with Crippen molar-refractivity contribution in [3.63, 3.8) is 0 Å². The standard InChI is InChI=1S/C25H30N2O6S/c1-3-33-24(29)25(14-7-4-8-15-25)26-23(28)20-17-19(11-12-22(20)32-2)34(30,31)27-16-13-18-9-5-6-10-21(18)27/h5-6,9-12,17H,3-4,7-8,13-16H2,1-2H3,(H,26,28). The molecule has 0 spiro atoms. The van der Waals surface area contributed by atoms with Gasteiger partial charge in [-0.3, -0.25) is 9.10 Å². The number of anilines is 1. The maximum Gasteiger partial charge on any atom is 0.331 e. The van der Waals surface area contributed by atoms with Crippen LogP contribution in [0.3, 0.4) is 0 Å². The number of para-hydroxylation sites is 1. The first-order valence-electron chi connectivity index (χ1n) is 11.6. The number of methoxy groups -OCH3 is 1. The molecule has 0 radical (unpaired) electrons. The number of amides is 1. The monoisotopic (exact) mass is 486 g/mol. The minimum atomic E-state index is -3.90. The van der Waals surface area contributed by atoms with E-state index in [1.807, 2.05) is 12.1 Å². The second-order valence-corrected chi connectivity index (χ2v) is 10.5. The van der Waals surface area contributed by atoms with Crippen molar-refractivity contribution < 1.29 is 27.5 Å². The topological polar surface area (TPSA) is 102 Å². The molecule has 4 rings (SSSR count). The number of fused-ring (bicyclic) bond motifs is 1. The number of carbonyl (C=O) groups is 2. The summed E-state index contributed by atoms with van der Waals surface area (Å²) in [5.41, 5.74) is 0.545. The molecule has 2 aliphatic rings. The zero-order chi connectivity index (χ0) is 24.3. The van der Waals surface area contributed by atoms with Gasteiger partial charge in [0.2, 0.25) is 0 Å². The van der Waals surface area contributed by atoms with Gasteiger partial charge in [-0.2, -0.15) is 0 Å². The van der Waals surface area contributed by atoms with Gasteiger partial charge in [0.25, 0.3) is 15.9 Å². The van der Waals surface area contributed by atoms with Gasteiger partial charge < -0.3 is 14.8 Å².